The van der Waals surface area contributed by atoms with Crippen LogP contribution in [0.4, 0.5) is 0 Å². The smallest absolute Gasteiger partial charge is 0.135 e. The van der Waals surface area contributed by atoms with Crippen molar-refractivity contribution in [2.75, 3.05) is 6.54 Å². The van der Waals surface area contributed by atoms with E-state index in [-0.39, 0.29) is 0 Å². The van der Waals surface area contributed by atoms with E-state index in [9.17, 15) is 0 Å². The molecule has 1 aromatic carbocycles. The van der Waals surface area contributed by atoms with Gasteiger partial charge in [0.2, 0.25) is 0 Å². The summed E-state index contributed by atoms with van der Waals surface area (Å²) in [6.07, 6.45) is 9.47. The molecular formula is C24H25Cl2N3O. The second kappa shape index (κ2) is 8.70. The van der Waals surface area contributed by atoms with Crippen LogP contribution >= 0.6 is 23.2 Å². The van der Waals surface area contributed by atoms with Gasteiger partial charge in [0, 0.05) is 53.5 Å². The Balaban J connectivity index is 1.27. The van der Waals surface area contributed by atoms with Crippen molar-refractivity contribution >= 4 is 23.2 Å². The normalized spacial score (nSPS) is 17.8. The summed E-state index contributed by atoms with van der Waals surface area (Å²) in [4.78, 5) is 12.1. The van der Waals surface area contributed by atoms with Gasteiger partial charge in [0.05, 0.1) is 11.6 Å². The largest absolute Gasteiger partial charge is 0.460 e. The van der Waals surface area contributed by atoms with Crippen molar-refractivity contribution in [2.45, 2.75) is 57.5 Å². The van der Waals surface area contributed by atoms with Crippen LogP contribution in [0, 0.1) is 0 Å². The quantitative estimate of drug-likeness (QED) is 0.454. The highest BCUT2D eigenvalue weighted by Crippen LogP contribution is 2.33. The van der Waals surface area contributed by atoms with E-state index in [2.05, 4.69) is 11.1 Å². The maximum atomic E-state index is 6.31. The maximum Gasteiger partial charge on any atom is 0.135 e. The van der Waals surface area contributed by atoms with Crippen LogP contribution in [0.25, 0.3) is 11.3 Å². The average molecular weight is 442 g/mol. The van der Waals surface area contributed by atoms with Gasteiger partial charge in [-0.1, -0.05) is 42.5 Å². The summed E-state index contributed by atoms with van der Waals surface area (Å²) in [5, 5.41) is 1.28. The van der Waals surface area contributed by atoms with E-state index in [1.807, 2.05) is 18.2 Å². The van der Waals surface area contributed by atoms with E-state index in [1.165, 1.54) is 43.4 Å². The van der Waals surface area contributed by atoms with E-state index < -0.39 is 0 Å². The molecule has 0 atom stereocenters. The first kappa shape index (κ1) is 20.0. The Kier molecular flexibility index (Phi) is 5.81. The van der Waals surface area contributed by atoms with Crippen molar-refractivity contribution in [3.05, 3.63) is 69.4 Å². The third-order valence-corrected chi connectivity index (χ3v) is 6.80. The highest BCUT2D eigenvalue weighted by Gasteiger charge is 2.23. The summed E-state index contributed by atoms with van der Waals surface area (Å²) < 4.78 is 6.08. The van der Waals surface area contributed by atoms with Crippen LogP contribution in [0.2, 0.25) is 10.0 Å². The molecule has 0 saturated heterocycles. The fraction of sp³-hybridized carbons (Fsp3) is 0.417. The van der Waals surface area contributed by atoms with Gasteiger partial charge < -0.3 is 4.42 Å². The number of rotatable bonds is 4. The Labute approximate surface area is 187 Å². The van der Waals surface area contributed by atoms with Gasteiger partial charge in [0.15, 0.2) is 0 Å². The molecule has 2 aliphatic rings. The molecular weight excluding hydrogens is 417 g/mol. The number of hydrogen-bond donors (Lipinski definition) is 0. The molecule has 0 unspecified atom stereocenters. The van der Waals surface area contributed by atoms with E-state index in [0.29, 0.717) is 16.0 Å². The van der Waals surface area contributed by atoms with Gasteiger partial charge >= 0.3 is 0 Å². The first-order valence-electron chi connectivity index (χ1n) is 10.8. The van der Waals surface area contributed by atoms with Gasteiger partial charge in [-0.25, -0.2) is 9.97 Å². The molecule has 2 aromatic heterocycles. The summed E-state index contributed by atoms with van der Waals surface area (Å²) in [6, 6.07) is 9.40. The van der Waals surface area contributed by atoms with Crippen LogP contribution in [0.15, 0.2) is 40.9 Å². The molecule has 5 rings (SSSR count). The third-order valence-electron chi connectivity index (χ3n) is 6.24. The Hall–Kier alpha value is -1.88. The molecule has 0 amide bonds. The van der Waals surface area contributed by atoms with Gasteiger partial charge in [0.25, 0.3) is 0 Å². The number of halogens is 2. The molecule has 3 heterocycles. The number of hydrogen-bond acceptors (Lipinski definition) is 4. The molecule has 1 saturated carbocycles. The van der Waals surface area contributed by atoms with Crippen molar-refractivity contribution in [2.24, 2.45) is 0 Å². The highest BCUT2D eigenvalue weighted by molar-refractivity contribution is 6.35. The molecule has 0 N–H and O–H groups in total. The number of nitrogens with zero attached hydrogens (tertiary/aromatic N) is 3. The van der Waals surface area contributed by atoms with E-state index in [4.69, 9.17) is 37.6 Å². The summed E-state index contributed by atoms with van der Waals surface area (Å²) in [5.74, 6) is 3.29. The fourth-order valence-corrected chi connectivity index (χ4v) is 4.98. The number of furan rings is 1. The van der Waals surface area contributed by atoms with Crippen LogP contribution in [0.5, 0.6) is 0 Å². The predicted molar refractivity (Wildman–Crippen MR) is 120 cm³/mol. The van der Waals surface area contributed by atoms with Crippen molar-refractivity contribution in [3.8, 4) is 11.3 Å². The number of aromatic nitrogens is 2. The zero-order valence-corrected chi connectivity index (χ0v) is 18.4. The molecule has 0 radical (unpaired) electrons. The average Bonchev–Trinajstić information content (AvgIpc) is 3.24. The van der Waals surface area contributed by atoms with Crippen LogP contribution in [0.1, 0.15) is 60.9 Å². The SMILES string of the molecule is Clc1ccc(Cl)c(-c2ccc(CN3CCc4nc(C5CCCCC5)ncc4C3)o2)c1. The molecule has 1 aliphatic carbocycles. The molecule has 156 valence electrons. The first-order valence-corrected chi connectivity index (χ1v) is 11.5. The van der Waals surface area contributed by atoms with E-state index in [0.717, 1.165) is 49.0 Å². The zero-order valence-electron chi connectivity index (χ0n) is 16.9. The molecule has 1 fully saturated rings. The lowest BCUT2D eigenvalue weighted by molar-refractivity contribution is 0.224. The van der Waals surface area contributed by atoms with E-state index >= 15 is 0 Å². The third kappa shape index (κ3) is 4.27. The Bertz CT molecular complexity index is 1040. The monoisotopic (exact) mass is 441 g/mol. The highest BCUT2D eigenvalue weighted by atomic mass is 35.5. The van der Waals surface area contributed by atoms with Crippen LogP contribution in [-0.2, 0) is 19.5 Å². The molecule has 1 aliphatic heterocycles. The van der Waals surface area contributed by atoms with Crippen molar-refractivity contribution in [1.82, 2.24) is 14.9 Å². The van der Waals surface area contributed by atoms with Crippen LogP contribution in [0.3, 0.4) is 0 Å². The topological polar surface area (TPSA) is 42.2 Å². The lowest BCUT2D eigenvalue weighted by Crippen LogP contribution is -2.31. The minimum Gasteiger partial charge on any atom is -0.460 e. The molecule has 4 nitrogen and oxygen atoms in total. The fourth-order valence-electron chi connectivity index (χ4n) is 4.60. The van der Waals surface area contributed by atoms with Gasteiger partial charge in [-0.05, 0) is 43.2 Å². The Morgan fingerprint density at radius 2 is 1.93 bits per heavy atom. The van der Waals surface area contributed by atoms with Crippen LogP contribution < -0.4 is 0 Å². The lowest BCUT2D eigenvalue weighted by Gasteiger charge is -2.28. The molecule has 0 bridgehead atoms. The molecule has 0 spiro atoms. The molecule has 30 heavy (non-hydrogen) atoms. The summed E-state index contributed by atoms with van der Waals surface area (Å²) in [5.41, 5.74) is 3.29. The first-order chi connectivity index (χ1) is 14.7. The zero-order chi connectivity index (χ0) is 20.5. The minimum absolute atomic E-state index is 0.557. The van der Waals surface area contributed by atoms with Gasteiger partial charge in [-0.3, -0.25) is 4.90 Å². The van der Waals surface area contributed by atoms with Crippen molar-refractivity contribution in [1.29, 1.82) is 0 Å². The predicted octanol–water partition coefficient (Wildman–Crippen LogP) is 6.65. The van der Waals surface area contributed by atoms with Gasteiger partial charge in [0.1, 0.15) is 17.3 Å². The molecule has 3 aromatic rings. The van der Waals surface area contributed by atoms with Crippen molar-refractivity contribution < 1.29 is 4.42 Å². The van der Waals surface area contributed by atoms with E-state index in [1.54, 1.807) is 12.1 Å². The maximum absolute atomic E-state index is 6.31. The summed E-state index contributed by atoms with van der Waals surface area (Å²) in [7, 11) is 0. The number of fused-ring (bicyclic) bond motifs is 1. The summed E-state index contributed by atoms with van der Waals surface area (Å²) in [6.45, 7) is 2.58. The van der Waals surface area contributed by atoms with Crippen molar-refractivity contribution in [3.63, 3.8) is 0 Å². The second-order valence-corrected chi connectivity index (χ2v) is 9.23. The lowest BCUT2D eigenvalue weighted by atomic mass is 9.88. The minimum atomic E-state index is 0.557. The molecule has 6 heteroatoms. The standard InChI is InChI=1S/C24H25Cl2N3O/c25-18-6-8-21(26)20(12-18)23-9-7-19(30-23)15-29-11-10-22-17(14-29)13-27-24(28-22)16-4-2-1-3-5-16/h6-9,12-13,16H,1-5,10-11,14-15H2. The van der Waals surface area contributed by atoms with Gasteiger partial charge in [-0.2, -0.15) is 0 Å². The second-order valence-electron chi connectivity index (χ2n) is 8.39. The Morgan fingerprint density at radius 1 is 1.07 bits per heavy atom. The summed E-state index contributed by atoms with van der Waals surface area (Å²) >= 11 is 12.4. The Morgan fingerprint density at radius 3 is 2.80 bits per heavy atom. The number of benzene rings is 1. The van der Waals surface area contributed by atoms with Crippen LogP contribution in [-0.4, -0.2) is 21.4 Å². The van der Waals surface area contributed by atoms with Gasteiger partial charge in [-0.15, -0.1) is 0 Å².